The average Bonchev–Trinajstić information content (AvgIpc) is 2.55. The van der Waals surface area contributed by atoms with E-state index in [1.165, 1.54) is 11.6 Å². The molecule has 118 valence electrons. The average molecular weight is 301 g/mol. The zero-order valence-electron chi connectivity index (χ0n) is 13.1. The maximum atomic E-state index is 13.7. The lowest BCUT2D eigenvalue weighted by Crippen LogP contribution is -2.29. The van der Waals surface area contributed by atoms with Crippen LogP contribution in [-0.4, -0.2) is 19.7 Å². The van der Waals surface area contributed by atoms with Crippen LogP contribution in [0.3, 0.4) is 0 Å². The van der Waals surface area contributed by atoms with Crippen LogP contribution in [0.1, 0.15) is 19.8 Å². The van der Waals surface area contributed by atoms with Gasteiger partial charge in [-0.25, -0.2) is 4.39 Å². The van der Waals surface area contributed by atoms with Crippen LogP contribution in [0.5, 0.6) is 5.75 Å². The Balaban J connectivity index is 2.18. The number of piperidine rings is 1. The molecule has 0 aliphatic carbocycles. The zero-order chi connectivity index (χ0) is 15.8. The van der Waals surface area contributed by atoms with Crippen LogP contribution in [0.25, 0.3) is 0 Å². The molecule has 1 aliphatic heterocycles. The van der Waals surface area contributed by atoms with Crippen LogP contribution in [-0.2, 0) is 0 Å². The van der Waals surface area contributed by atoms with Crippen LogP contribution >= 0.6 is 0 Å². The number of para-hydroxylation sites is 1. The predicted molar refractivity (Wildman–Crippen MR) is 89.5 cm³/mol. The van der Waals surface area contributed by atoms with Gasteiger partial charge in [0.15, 0.2) is 11.6 Å². The molecule has 0 spiro atoms. The first kappa shape index (κ1) is 16.5. The van der Waals surface area contributed by atoms with Gasteiger partial charge in [0, 0.05) is 0 Å². The molecular weight excluding hydrogens is 277 g/mol. The maximum Gasteiger partial charge on any atom is 0.165 e. The lowest BCUT2D eigenvalue weighted by Gasteiger charge is -2.25. The number of rotatable bonds is 6. The summed E-state index contributed by atoms with van der Waals surface area (Å²) >= 11 is 0. The Labute approximate surface area is 132 Å². The van der Waals surface area contributed by atoms with Gasteiger partial charge in [-0.2, -0.15) is 0 Å². The molecule has 1 heterocycles. The summed E-state index contributed by atoms with van der Waals surface area (Å²) in [4.78, 5) is 0. The van der Waals surface area contributed by atoms with E-state index >= 15 is 0 Å². The summed E-state index contributed by atoms with van der Waals surface area (Å²) in [5.74, 6) is 0.455. The van der Waals surface area contributed by atoms with Crippen molar-refractivity contribution in [3.63, 3.8) is 0 Å². The third-order valence-corrected chi connectivity index (χ3v) is 3.96. The number of nitrogens with one attached hydrogen (secondary N) is 1. The summed E-state index contributed by atoms with van der Waals surface area (Å²) in [7, 11) is 0. The van der Waals surface area contributed by atoms with Gasteiger partial charge < -0.3 is 10.1 Å². The molecule has 1 aromatic carbocycles. The van der Waals surface area contributed by atoms with Gasteiger partial charge in [-0.3, -0.25) is 0 Å². The number of allylic oxidation sites excluding steroid dienone is 3. The monoisotopic (exact) mass is 301 g/mol. The molecule has 0 saturated carbocycles. The second kappa shape index (κ2) is 8.54. The molecule has 0 radical (unpaired) electrons. The standard InChI is InChI=1S/C19H24FNO/c1-3-7-16(14-22-19-9-6-5-8-18(19)20)17(4-2)15-10-12-21-13-11-15/h3-9,15,21H,2,10-14H2,1H3/b7-3-,17-16-. The van der Waals surface area contributed by atoms with E-state index in [0.29, 0.717) is 18.3 Å². The minimum atomic E-state index is -0.329. The summed E-state index contributed by atoms with van der Waals surface area (Å²) in [6.07, 6.45) is 8.16. The molecule has 0 amide bonds. The lowest BCUT2D eigenvalue weighted by atomic mass is 9.86. The fourth-order valence-electron chi connectivity index (χ4n) is 2.84. The van der Waals surface area contributed by atoms with Gasteiger partial charge in [0.05, 0.1) is 0 Å². The highest BCUT2D eigenvalue weighted by molar-refractivity contribution is 5.36. The molecule has 1 aliphatic rings. The summed E-state index contributed by atoms with van der Waals surface area (Å²) in [5.41, 5.74) is 2.29. The van der Waals surface area contributed by atoms with Crippen molar-refractivity contribution in [3.8, 4) is 5.75 Å². The molecule has 1 aromatic rings. The van der Waals surface area contributed by atoms with Crippen molar-refractivity contribution in [2.75, 3.05) is 19.7 Å². The van der Waals surface area contributed by atoms with Gasteiger partial charge in [0.25, 0.3) is 0 Å². The quantitative estimate of drug-likeness (QED) is 0.793. The fraction of sp³-hybridized carbons (Fsp3) is 0.368. The largest absolute Gasteiger partial charge is 0.486 e. The molecule has 1 saturated heterocycles. The van der Waals surface area contributed by atoms with Gasteiger partial charge >= 0.3 is 0 Å². The van der Waals surface area contributed by atoms with E-state index in [1.807, 2.05) is 25.2 Å². The van der Waals surface area contributed by atoms with Crippen molar-refractivity contribution >= 4 is 0 Å². The van der Waals surface area contributed by atoms with Crippen molar-refractivity contribution in [2.45, 2.75) is 19.8 Å². The van der Waals surface area contributed by atoms with E-state index in [0.717, 1.165) is 31.5 Å². The molecule has 0 atom stereocenters. The molecule has 2 nitrogen and oxygen atoms in total. The third-order valence-electron chi connectivity index (χ3n) is 3.96. The molecular formula is C19H24FNO. The second-order valence-electron chi connectivity index (χ2n) is 5.43. The van der Waals surface area contributed by atoms with Crippen molar-refractivity contribution in [2.24, 2.45) is 5.92 Å². The fourth-order valence-corrected chi connectivity index (χ4v) is 2.84. The molecule has 0 bridgehead atoms. The van der Waals surface area contributed by atoms with Crippen molar-refractivity contribution < 1.29 is 9.13 Å². The Hall–Kier alpha value is -1.87. The van der Waals surface area contributed by atoms with Gasteiger partial charge in [-0.05, 0) is 62.1 Å². The van der Waals surface area contributed by atoms with E-state index in [9.17, 15) is 4.39 Å². The number of hydrogen-bond acceptors (Lipinski definition) is 2. The van der Waals surface area contributed by atoms with Crippen LogP contribution in [0.15, 0.2) is 60.2 Å². The minimum Gasteiger partial charge on any atom is -0.486 e. The van der Waals surface area contributed by atoms with Gasteiger partial charge in [-0.15, -0.1) is 0 Å². The molecule has 0 unspecified atom stereocenters. The first-order chi connectivity index (χ1) is 10.8. The molecule has 2 rings (SSSR count). The first-order valence-electron chi connectivity index (χ1n) is 7.82. The summed E-state index contributed by atoms with van der Waals surface area (Å²) in [5, 5.41) is 3.37. The Bertz CT molecular complexity index is 556. The topological polar surface area (TPSA) is 21.3 Å². The lowest BCUT2D eigenvalue weighted by molar-refractivity contribution is 0.331. The van der Waals surface area contributed by atoms with Crippen LogP contribution in [0.2, 0.25) is 0 Å². The van der Waals surface area contributed by atoms with E-state index < -0.39 is 0 Å². The summed E-state index contributed by atoms with van der Waals surface area (Å²) in [6.45, 7) is 8.36. The third kappa shape index (κ3) is 4.31. The summed E-state index contributed by atoms with van der Waals surface area (Å²) < 4.78 is 19.4. The van der Waals surface area contributed by atoms with Crippen molar-refractivity contribution in [1.29, 1.82) is 0 Å². The van der Waals surface area contributed by atoms with E-state index in [-0.39, 0.29) is 5.82 Å². The first-order valence-corrected chi connectivity index (χ1v) is 7.82. The predicted octanol–water partition coefficient (Wildman–Crippen LogP) is 4.26. The molecule has 3 heteroatoms. The smallest absolute Gasteiger partial charge is 0.165 e. The highest BCUT2D eigenvalue weighted by Crippen LogP contribution is 2.27. The normalized spacial score (nSPS) is 17.4. The van der Waals surface area contributed by atoms with Crippen LogP contribution in [0.4, 0.5) is 4.39 Å². The zero-order valence-corrected chi connectivity index (χ0v) is 13.1. The molecule has 1 fully saturated rings. The maximum absolute atomic E-state index is 13.7. The Morgan fingerprint density at radius 1 is 1.36 bits per heavy atom. The molecule has 0 aromatic heterocycles. The van der Waals surface area contributed by atoms with Gasteiger partial charge in [-0.1, -0.05) is 36.9 Å². The number of halogens is 1. The second-order valence-corrected chi connectivity index (χ2v) is 5.43. The molecule has 1 N–H and O–H groups in total. The van der Waals surface area contributed by atoms with E-state index in [2.05, 4.69) is 11.9 Å². The highest BCUT2D eigenvalue weighted by Gasteiger charge is 2.18. The van der Waals surface area contributed by atoms with Crippen molar-refractivity contribution in [1.82, 2.24) is 5.32 Å². The van der Waals surface area contributed by atoms with E-state index in [1.54, 1.807) is 18.2 Å². The summed E-state index contributed by atoms with van der Waals surface area (Å²) in [6, 6.07) is 6.50. The van der Waals surface area contributed by atoms with Gasteiger partial charge in [0.1, 0.15) is 6.61 Å². The van der Waals surface area contributed by atoms with Crippen molar-refractivity contribution in [3.05, 3.63) is 66.0 Å². The SMILES string of the molecule is C=C/C(=C(\C=C/C)COc1ccccc1F)C1CCNCC1. The Morgan fingerprint density at radius 3 is 2.73 bits per heavy atom. The highest BCUT2D eigenvalue weighted by atomic mass is 19.1. The Morgan fingerprint density at radius 2 is 2.09 bits per heavy atom. The number of ether oxygens (including phenoxy) is 1. The number of hydrogen-bond donors (Lipinski definition) is 1. The van der Waals surface area contributed by atoms with Gasteiger partial charge in [0.2, 0.25) is 0 Å². The van der Waals surface area contributed by atoms with Crippen LogP contribution < -0.4 is 10.1 Å². The van der Waals surface area contributed by atoms with E-state index in [4.69, 9.17) is 4.74 Å². The number of benzene rings is 1. The Kier molecular flexibility index (Phi) is 6.41. The minimum absolute atomic E-state index is 0.290. The molecule has 22 heavy (non-hydrogen) atoms. The van der Waals surface area contributed by atoms with Crippen LogP contribution in [0, 0.1) is 11.7 Å².